The highest BCUT2D eigenvalue weighted by molar-refractivity contribution is 5.16. The maximum atomic E-state index is 4.59. The summed E-state index contributed by atoms with van der Waals surface area (Å²) in [5, 5.41) is 0. The molecule has 0 unspecified atom stereocenters. The molecule has 2 aliphatic carbocycles. The fourth-order valence-corrected chi connectivity index (χ4v) is 1.53. The van der Waals surface area contributed by atoms with Gasteiger partial charge < -0.3 is 0 Å². The molecule has 12 heavy (non-hydrogen) atoms. The van der Waals surface area contributed by atoms with Gasteiger partial charge in [0.15, 0.2) is 0 Å². The van der Waals surface area contributed by atoms with Crippen molar-refractivity contribution in [3.05, 3.63) is 23.8 Å². The molecule has 62 valence electrons. The molecule has 1 aromatic heterocycles. The normalized spacial score (nSPS) is 22.7. The molecule has 0 aliphatic heterocycles. The van der Waals surface area contributed by atoms with E-state index in [1.54, 1.807) is 0 Å². The summed E-state index contributed by atoms with van der Waals surface area (Å²) in [6, 6.07) is 2.07. The number of nitrogens with zero attached hydrogens (tertiary/aromatic N) is 2. The number of hydrogen-bond acceptors (Lipinski definition) is 2. The molecular formula is C10H12N2. The Morgan fingerprint density at radius 1 is 1.08 bits per heavy atom. The first kappa shape index (κ1) is 6.58. The highest BCUT2D eigenvalue weighted by Gasteiger charge is 2.29. The molecule has 0 saturated heterocycles. The highest BCUT2D eigenvalue weighted by atomic mass is 14.9. The van der Waals surface area contributed by atoms with Crippen LogP contribution in [-0.2, 0) is 0 Å². The van der Waals surface area contributed by atoms with E-state index < -0.39 is 0 Å². The average molecular weight is 160 g/mol. The Morgan fingerprint density at radius 3 is 2.50 bits per heavy atom. The van der Waals surface area contributed by atoms with Gasteiger partial charge in [-0.1, -0.05) is 0 Å². The Kier molecular flexibility index (Phi) is 1.25. The molecule has 2 heteroatoms. The summed E-state index contributed by atoms with van der Waals surface area (Å²) < 4.78 is 0. The lowest BCUT2D eigenvalue weighted by molar-refractivity contribution is 0.873. The molecule has 2 nitrogen and oxygen atoms in total. The number of hydrogen-bond donors (Lipinski definition) is 0. The van der Waals surface area contributed by atoms with Crippen molar-refractivity contribution in [3.8, 4) is 0 Å². The van der Waals surface area contributed by atoms with Crippen molar-refractivity contribution >= 4 is 0 Å². The van der Waals surface area contributed by atoms with E-state index in [1.165, 1.54) is 31.4 Å². The van der Waals surface area contributed by atoms with E-state index >= 15 is 0 Å². The topological polar surface area (TPSA) is 25.8 Å². The molecule has 2 fully saturated rings. The van der Waals surface area contributed by atoms with Gasteiger partial charge >= 0.3 is 0 Å². The predicted molar refractivity (Wildman–Crippen MR) is 46.0 cm³/mol. The molecule has 2 saturated carbocycles. The summed E-state index contributed by atoms with van der Waals surface area (Å²) in [6.07, 6.45) is 7.19. The van der Waals surface area contributed by atoms with Crippen LogP contribution in [0.15, 0.2) is 12.3 Å². The van der Waals surface area contributed by atoms with Crippen molar-refractivity contribution in [3.63, 3.8) is 0 Å². The minimum absolute atomic E-state index is 0.698. The number of aromatic nitrogens is 2. The molecule has 0 N–H and O–H groups in total. The lowest BCUT2D eigenvalue weighted by Crippen LogP contribution is -1.95. The van der Waals surface area contributed by atoms with E-state index in [1.807, 2.05) is 6.20 Å². The van der Waals surface area contributed by atoms with Crippen molar-refractivity contribution in [2.45, 2.75) is 37.5 Å². The van der Waals surface area contributed by atoms with Crippen LogP contribution in [0.25, 0.3) is 0 Å². The fraction of sp³-hybridized carbons (Fsp3) is 0.600. The van der Waals surface area contributed by atoms with Crippen LogP contribution in [0.3, 0.4) is 0 Å². The zero-order valence-corrected chi connectivity index (χ0v) is 7.03. The second-order valence-corrected chi connectivity index (χ2v) is 3.89. The van der Waals surface area contributed by atoms with Gasteiger partial charge in [-0.25, -0.2) is 9.97 Å². The van der Waals surface area contributed by atoms with Crippen molar-refractivity contribution in [1.82, 2.24) is 9.97 Å². The van der Waals surface area contributed by atoms with Crippen LogP contribution in [0.5, 0.6) is 0 Å². The monoisotopic (exact) mass is 160 g/mol. The van der Waals surface area contributed by atoms with Crippen molar-refractivity contribution < 1.29 is 0 Å². The SMILES string of the molecule is c1cc(C2CC2)nc(C2CC2)n1. The Hall–Kier alpha value is -0.920. The molecule has 1 aromatic rings. The van der Waals surface area contributed by atoms with Gasteiger partial charge in [-0.05, 0) is 31.7 Å². The molecule has 0 spiro atoms. The molecule has 3 rings (SSSR count). The van der Waals surface area contributed by atoms with Crippen LogP contribution >= 0.6 is 0 Å². The first-order chi connectivity index (χ1) is 5.93. The van der Waals surface area contributed by atoms with Gasteiger partial charge in [0.1, 0.15) is 5.82 Å². The average Bonchev–Trinajstić information content (AvgIpc) is 2.98. The minimum atomic E-state index is 0.698. The van der Waals surface area contributed by atoms with Gasteiger partial charge in [-0.2, -0.15) is 0 Å². The third-order valence-corrected chi connectivity index (χ3v) is 2.63. The smallest absolute Gasteiger partial charge is 0.131 e. The van der Waals surface area contributed by atoms with Crippen molar-refractivity contribution in [2.24, 2.45) is 0 Å². The quantitative estimate of drug-likeness (QED) is 0.663. The third kappa shape index (κ3) is 1.11. The predicted octanol–water partition coefficient (Wildman–Crippen LogP) is 2.23. The van der Waals surface area contributed by atoms with Gasteiger partial charge in [0.05, 0.1) is 0 Å². The van der Waals surface area contributed by atoms with Gasteiger partial charge in [0.2, 0.25) is 0 Å². The Bertz CT molecular complexity index is 273. The molecule has 0 aromatic carbocycles. The first-order valence-electron chi connectivity index (χ1n) is 4.76. The molecule has 2 aliphatic rings. The summed E-state index contributed by atoms with van der Waals surface area (Å²) in [4.78, 5) is 8.89. The van der Waals surface area contributed by atoms with Crippen LogP contribution in [0.2, 0.25) is 0 Å². The second kappa shape index (κ2) is 2.28. The van der Waals surface area contributed by atoms with Crippen LogP contribution < -0.4 is 0 Å². The summed E-state index contributed by atoms with van der Waals surface area (Å²) in [7, 11) is 0. The summed E-state index contributed by atoms with van der Waals surface area (Å²) >= 11 is 0. The molecular weight excluding hydrogens is 148 g/mol. The summed E-state index contributed by atoms with van der Waals surface area (Å²) in [6.45, 7) is 0. The van der Waals surface area contributed by atoms with Crippen LogP contribution in [0.4, 0.5) is 0 Å². The molecule has 0 radical (unpaired) electrons. The van der Waals surface area contributed by atoms with Crippen molar-refractivity contribution in [2.75, 3.05) is 0 Å². The first-order valence-corrected chi connectivity index (χ1v) is 4.76. The number of rotatable bonds is 2. The maximum absolute atomic E-state index is 4.59. The minimum Gasteiger partial charge on any atom is -0.241 e. The zero-order valence-electron chi connectivity index (χ0n) is 7.03. The van der Waals surface area contributed by atoms with E-state index in [0.717, 1.165) is 11.7 Å². The fourth-order valence-electron chi connectivity index (χ4n) is 1.53. The standard InChI is InChI=1S/C10H12N2/c1-2-7(1)9-5-6-11-10(12-9)8-3-4-8/h5-8H,1-4H2. The summed E-state index contributed by atoms with van der Waals surface area (Å²) in [5.41, 5.74) is 1.28. The van der Waals surface area contributed by atoms with E-state index in [0.29, 0.717) is 5.92 Å². The van der Waals surface area contributed by atoms with E-state index in [4.69, 9.17) is 0 Å². The summed E-state index contributed by atoms with van der Waals surface area (Å²) in [5.74, 6) is 2.56. The second-order valence-electron chi connectivity index (χ2n) is 3.89. The largest absolute Gasteiger partial charge is 0.241 e. The van der Waals surface area contributed by atoms with Gasteiger partial charge in [-0.3, -0.25) is 0 Å². The van der Waals surface area contributed by atoms with E-state index in [-0.39, 0.29) is 0 Å². The van der Waals surface area contributed by atoms with Crippen molar-refractivity contribution in [1.29, 1.82) is 0 Å². The zero-order chi connectivity index (χ0) is 7.97. The molecule has 0 amide bonds. The highest BCUT2D eigenvalue weighted by Crippen LogP contribution is 2.41. The van der Waals surface area contributed by atoms with Crippen LogP contribution in [0.1, 0.15) is 49.0 Å². The molecule has 0 bridgehead atoms. The lowest BCUT2D eigenvalue weighted by atomic mass is 10.2. The molecule has 0 atom stereocenters. The Labute approximate surface area is 72.0 Å². The van der Waals surface area contributed by atoms with Crippen LogP contribution in [0, 0.1) is 0 Å². The molecule has 1 heterocycles. The van der Waals surface area contributed by atoms with Crippen LogP contribution in [-0.4, -0.2) is 9.97 Å². The van der Waals surface area contributed by atoms with Gasteiger partial charge in [0.25, 0.3) is 0 Å². The van der Waals surface area contributed by atoms with E-state index in [2.05, 4.69) is 16.0 Å². The van der Waals surface area contributed by atoms with E-state index in [9.17, 15) is 0 Å². The Balaban J connectivity index is 1.93. The Morgan fingerprint density at radius 2 is 1.83 bits per heavy atom. The maximum Gasteiger partial charge on any atom is 0.131 e. The van der Waals surface area contributed by atoms with Gasteiger partial charge in [-0.15, -0.1) is 0 Å². The third-order valence-electron chi connectivity index (χ3n) is 2.63. The lowest BCUT2D eigenvalue weighted by Gasteiger charge is -1.99. The van der Waals surface area contributed by atoms with Gasteiger partial charge in [0, 0.05) is 23.7 Å².